The molecule has 0 radical (unpaired) electrons. The molecule has 43 heavy (non-hydrogen) atoms. The van der Waals surface area contributed by atoms with Crippen molar-refractivity contribution in [3.8, 4) is 6.07 Å². The van der Waals surface area contributed by atoms with Crippen molar-refractivity contribution in [3.05, 3.63) is 69.8 Å². The molecule has 1 saturated heterocycles. The lowest BCUT2D eigenvalue weighted by Crippen LogP contribution is -2.49. The summed E-state index contributed by atoms with van der Waals surface area (Å²) in [5.41, 5.74) is 4.23. The highest BCUT2D eigenvalue weighted by Crippen LogP contribution is 2.46. The van der Waals surface area contributed by atoms with E-state index in [9.17, 15) is 19.2 Å². The van der Waals surface area contributed by atoms with Gasteiger partial charge in [-0.25, -0.2) is 0 Å². The lowest BCUT2D eigenvalue weighted by atomic mass is 9.67. The molecule has 1 aromatic rings. The zero-order valence-electron chi connectivity index (χ0n) is 25.9. The summed E-state index contributed by atoms with van der Waals surface area (Å²) in [7, 11) is 4.90. The van der Waals surface area contributed by atoms with Crippen LogP contribution >= 0.6 is 0 Å². The van der Waals surface area contributed by atoms with Crippen molar-refractivity contribution in [1.82, 2.24) is 26.2 Å². The van der Waals surface area contributed by atoms with Crippen LogP contribution < -0.4 is 21.3 Å². The first kappa shape index (κ1) is 33.3. The normalized spacial score (nSPS) is 21.3. The summed E-state index contributed by atoms with van der Waals surface area (Å²) in [5.74, 6) is -0.379. The fraction of sp³-hybridized carbons (Fsp3) is 0.485. The van der Waals surface area contributed by atoms with Gasteiger partial charge >= 0.3 is 0 Å². The summed E-state index contributed by atoms with van der Waals surface area (Å²) >= 11 is 0. The molecule has 3 unspecified atom stereocenters. The molecule has 1 aliphatic heterocycles. The Morgan fingerprint density at radius 1 is 1.12 bits per heavy atom. The number of hydrogen-bond acceptors (Lipinski definition) is 6. The van der Waals surface area contributed by atoms with Crippen molar-refractivity contribution >= 4 is 24.1 Å². The predicted molar refractivity (Wildman–Crippen MR) is 166 cm³/mol. The molecule has 1 heterocycles. The molecule has 10 nitrogen and oxygen atoms in total. The molecule has 4 N–H and O–H groups in total. The van der Waals surface area contributed by atoms with Gasteiger partial charge in [-0.1, -0.05) is 30.7 Å². The third kappa shape index (κ3) is 7.23. The van der Waals surface area contributed by atoms with E-state index in [2.05, 4.69) is 41.2 Å². The monoisotopic (exact) mass is 588 g/mol. The summed E-state index contributed by atoms with van der Waals surface area (Å²) in [5, 5.41) is 20.2. The minimum atomic E-state index is -0.957. The Labute approximate surface area is 254 Å². The second kappa shape index (κ2) is 15.3. The number of aryl methyl sites for hydroxylation is 1. The van der Waals surface area contributed by atoms with Crippen LogP contribution in [0.3, 0.4) is 0 Å². The zero-order chi connectivity index (χ0) is 31.6. The second-order valence-corrected chi connectivity index (χ2v) is 11.0. The van der Waals surface area contributed by atoms with Gasteiger partial charge in [-0.2, -0.15) is 5.26 Å². The van der Waals surface area contributed by atoms with Crippen molar-refractivity contribution in [2.45, 2.75) is 69.9 Å². The molecule has 1 aromatic carbocycles. The van der Waals surface area contributed by atoms with Crippen LogP contribution in [0.5, 0.6) is 0 Å². The average Bonchev–Trinajstić information content (AvgIpc) is 3.34. The van der Waals surface area contributed by atoms with E-state index in [0.29, 0.717) is 30.4 Å². The van der Waals surface area contributed by atoms with Crippen LogP contribution in [0.15, 0.2) is 53.1 Å². The number of carbonyl (C=O) groups is 4. The molecule has 0 spiro atoms. The number of carbonyl (C=O) groups excluding carboxylic acids is 4. The summed E-state index contributed by atoms with van der Waals surface area (Å²) in [6.07, 6.45) is 10.9. The number of likely N-dealkylation sites (tertiary alicyclic amines) is 1. The highest BCUT2D eigenvalue weighted by molar-refractivity contribution is 5.98. The minimum Gasteiger partial charge on any atom is -0.358 e. The van der Waals surface area contributed by atoms with Crippen LogP contribution in [0.25, 0.3) is 0 Å². The number of nitrogens with one attached hydrogen (secondary N) is 4. The van der Waals surface area contributed by atoms with Crippen molar-refractivity contribution in [3.63, 3.8) is 0 Å². The Morgan fingerprint density at radius 3 is 2.47 bits per heavy atom. The van der Waals surface area contributed by atoms with E-state index in [1.807, 2.05) is 30.4 Å². The van der Waals surface area contributed by atoms with Gasteiger partial charge in [0.25, 0.3) is 11.8 Å². The molecule has 2 aliphatic carbocycles. The molecule has 0 saturated carbocycles. The third-order valence-corrected chi connectivity index (χ3v) is 8.44. The van der Waals surface area contributed by atoms with E-state index >= 15 is 0 Å². The predicted octanol–water partition coefficient (Wildman–Crippen LogP) is 2.42. The van der Waals surface area contributed by atoms with Crippen LogP contribution in [-0.2, 0) is 26.2 Å². The number of amides is 4. The molecular weight excluding hydrogens is 544 g/mol. The van der Waals surface area contributed by atoms with Gasteiger partial charge in [-0.15, -0.1) is 0 Å². The maximum Gasteiger partial charge on any atom is 0.251 e. The number of nitrogens with zero attached hydrogens (tertiary/aromatic N) is 2. The van der Waals surface area contributed by atoms with Crippen molar-refractivity contribution in [2.75, 3.05) is 34.2 Å². The van der Waals surface area contributed by atoms with Crippen LogP contribution in [0.2, 0.25) is 0 Å². The number of allylic oxidation sites excluding steroid dienone is 3. The van der Waals surface area contributed by atoms with Crippen molar-refractivity contribution in [2.24, 2.45) is 0 Å². The molecule has 4 amide bonds. The highest BCUT2D eigenvalue weighted by atomic mass is 16.2. The number of benzene rings is 1. The van der Waals surface area contributed by atoms with E-state index in [-0.39, 0.29) is 29.8 Å². The summed E-state index contributed by atoms with van der Waals surface area (Å²) in [4.78, 5) is 50.3. The van der Waals surface area contributed by atoms with Crippen LogP contribution in [0.1, 0.15) is 67.4 Å². The quantitative estimate of drug-likeness (QED) is 0.344. The molecule has 1 fully saturated rings. The number of fused-ring (bicyclic) bond motifs is 1. The van der Waals surface area contributed by atoms with Gasteiger partial charge in [-0.3, -0.25) is 19.2 Å². The van der Waals surface area contributed by atoms with E-state index < -0.39 is 5.41 Å². The summed E-state index contributed by atoms with van der Waals surface area (Å²) in [6.45, 7) is 5.68. The largest absolute Gasteiger partial charge is 0.358 e. The van der Waals surface area contributed by atoms with Gasteiger partial charge < -0.3 is 26.2 Å². The standard InChI is InChI=1S/C27H36N4O3.C6H8N2O/c1-6-31-17(2)16-27(26(34)30-5)22-13-11-19(24(32)28-3)9-7-18(22)8-10-20-15-21(25(33)29-4)12-14-23(20)27;7-4-6-2-1-3-8(6)5-9/h9,11-15,17,31H,6-8,10,16H2,1-5H3,(H,28,32)(H,29,33)(H,30,34);5-6H,1-3H2. The Balaban J connectivity index is 0.000000480. The number of rotatable bonds is 8. The molecule has 0 aromatic heterocycles. The number of likely N-dealkylation sites (N-methyl/N-ethyl adjacent to an activating group) is 2. The van der Waals surface area contributed by atoms with E-state index in [1.54, 1.807) is 32.1 Å². The first-order valence-corrected chi connectivity index (χ1v) is 14.9. The molecular formula is C33H44N6O4. The third-order valence-electron chi connectivity index (χ3n) is 8.44. The minimum absolute atomic E-state index is 0.0589. The van der Waals surface area contributed by atoms with Gasteiger partial charge in [-0.05, 0) is 86.9 Å². The fourth-order valence-electron chi connectivity index (χ4n) is 6.33. The highest BCUT2D eigenvalue weighted by Gasteiger charge is 2.47. The maximum absolute atomic E-state index is 13.9. The first-order valence-electron chi connectivity index (χ1n) is 14.9. The van der Waals surface area contributed by atoms with Gasteiger partial charge in [0.15, 0.2) is 0 Å². The topological polar surface area (TPSA) is 143 Å². The molecule has 3 atom stereocenters. The Bertz CT molecular complexity index is 1360. The SMILES string of the molecule is CCNC(C)CC1(C(=O)NC)C2=C(CC=C(C(=O)NC)C=C2)CCc2cc(C(=O)NC)ccc21.N#CC1CCCN1C=O. The summed E-state index contributed by atoms with van der Waals surface area (Å²) < 4.78 is 0. The van der Waals surface area contributed by atoms with Crippen molar-refractivity contribution in [1.29, 1.82) is 5.26 Å². The molecule has 0 bridgehead atoms. The lowest BCUT2D eigenvalue weighted by Gasteiger charge is -2.38. The molecule has 10 heteroatoms. The van der Waals surface area contributed by atoms with Gasteiger partial charge in [0.2, 0.25) is 12.3 Å². The van der Waals surface area contributed by atoms with Crippen LogP contribution in [-0.4, -0.2) is 75.3 Å². The number of hydrogen-bond donors (Lipinski definition) is 4. The van der Waals surface area contributed by atoms with Crippen molar-refractivity contribution < 1.29 is 19.2 Å². The smallest absolute Gasteiger partial charge is 0.251 e. The van der Waals surface area contributed by atoms with Crippen LogP contribution in [0, 0.1) is 11.3 Å². The molecule has 230 valence electrons. The van der Waals surface area contributed by atoms with Gasteiger partial charge in [0.05, 0.1) is 6.07 Å². The number of nitriles is 1. The van der Waals surface area contributed by atoms with E-state index in [0.717, 1.165) is 61.0 Å². The second-order valence-electron chi connectivity index (χ2n) is 11.0. The van der Waals surface area contributed by atoms with Crippen LogP contribution in [0.4, 0.5) is 0 Å². The fourth-order valence-corrected chi connectivity index (χ4v) is 6.33. The zero-order valence-corrected chi connectivity index (χ0v) is 25.9. The Hall–Kier alpha value is -4.23. The lowest BCUT2D eigenvalue weighted by molar-refractivity contribution is -0.125. The Morgan fingerprint density at radius 2 is 1.86 bits per heavy atom. The Kier molecular flexibility index (Phi) is 11.8. The van der Waals surface area contributed by atoms with Gasteiger partial charge in [0.1, 0.15) is 11.5 Å². The van der Waals surface area contributed by atoms with E-state index in [1.165, 1.54) is 0 Å². The maximum atomic E-state index is 13.9. The van der Waals surface area contributed by atoms with Gasteiger partial charge in [0, 0.05) is 44.9 Å². The average molecular weight is 589 g/mol. The first-order chi connectivity index (χ1) is 20.7. The summed E-state index contributed by atoms with van der Waals surface area (Å²) in [6, 6.07) is 7.63. The van der Waals surface area contributed by atoms with E-state index in [4.69, 9.17) is 5.26 Å². The molecule has 3 aliphatic rings. The molecule has 4 rings (SSSR count).